The lowest BCUT2D eigenvalue weighted by Crippen LogP contribution is -2.13. The zero-order chi connectivity index (χ0) is 14.0. The number of halogens is 3. The molecule has 0 heterocycles. The second kappa shape index (κ2) is 6.06. The second-order valence-electron chi connectivity index (χ2n) is 3.80. The van der Waals surface area contributed by atoms with Crippen molar-refractivity contribution in [2.75, 3.05) is 10.5 Å². The largest absolute Gasteiger partial charge is 0.399 e. The molecule has 0 unspecified atom stereocenters. The van der Waals surface area contributed by atoms with Crippen LogP contribution in [0.2, 0.25) is 0 Å². The van der Waals surface area contributed by atoms with Crippen molar-refractivity contribution in [1.82, 2.24) is 0 Å². The Hall–Kier alpha value is -1.86. The Morgan fingerprint density at radius 1 is 0.950 bits per heavy atom. The first kappa shape index (κ1) is 16.2. The number of nitrogens with one attached hydrogen (secondary N) is 1. The van der Waals surface area contributed by atoms with Gasteiger partial charge in [-0.25, -0.2) is 17.2 Å². The minimum Gasteiger partial charge on any atom is -0.399 e. The van der Waals surface area contributed by atoms with E-state index in [9.17, 15) is 17.2 Å². The lowest BCUT2D eigenvalue weighted by Gasteiger charge is -2.08. The fourth-order valence-corrected chi connectivity index (χ4v) is 2.48. The predicted molar refractivity (Wildman–Crippen MR) is 75.3 cm³/mol. The van der Waals surface area contributed by atoms with E-state index in [0.29, 0.717) is 11.8 Å². The lowest BCUT2D eigenvalue weighted by atomic mass is 10.3. The molecule has 0 spiro atoms. The summed E-state index contributed by atoms with van der Waals surface area (Å²) in [6, 6.07) is 8.33. The topological polar surface area (TPSA) is 72.2 Å². The van der Waals surface area contributed by atoms with Gasteiger partial charge in [0.15, 0.2) is 11.6 Å². The van der Waals surface area contributed by atoms with E-state index < -0.39 is 21.7 Å². The molecule has 0 aliphatic heterocycles. The molecule has 0 atom stereocenters. The van der Waals surface area contributed by atoms with Gasteiger partial charge >= 0.3 is 0 Å². The molecule has 2 aromatic carbocycles. The minimum absolute atomic E-state index is 0. The van der Waals surface area contributed by atoms with E-state index in [1.54, 1.807) is 0 Å². The normalized spacial score (nSPS) is 10.7. The molecule has 0 bridgehead atoms. The molecular weight excluding hydrogens is 310 g/mol. The lowest BCUT2D eigenvalue weighted by molar-refractivity contribution is 0.504. The smallest absolute Gasteiger partial charge is 0.261 e. The first-order valence-electron chi connectivity index (χ1n) is 5.22. The maximum absolute atomic E-state index is 13.0. The van der Waals surface area contributed by atoms with Crippen molar-refractivity contribution in [3.8, 4) is 0 Å². The Bertz CT molecular complexity index is 706. The molecule has 0 aromatic heterocycles. The van der Waals surface area contributed by atoms with Crippen molar-refractivity contribution in [3.05, 3.63) is 54.1 Å². The van der Waals surface area contributed by atoms with Gasteiger partial charge in [-0.3, -0.25) is 4.72 Å². The van der Waals surface area contributed by atoms with Crippen LogP contribution in [0.3, 0.4) is 0 Å². The fourth-order valence-electron chi connectivity index (χ4n) is 1.41. The molecule has 2 rings (SSSR count). The van der Waals surface area contributed by atoms with Crippen molar-refractivity contribution in [3.63, 3.8) is 0 Å². The summed E-state index contributed by atoms with van der Waals surface area (Å²) in [5, 5.41) is 0. The van der Waals surface area contributed by atoms with E-state index in [0.717, 1.165) is 12.1 Å². The zero-order valence-corrected chi connectivity index (χ0v) is 11.6. The number of anilines is 2. The van der Waals surface area contributed by atoms with Gasteiger partial charge in [-0.1, -0.05) is 0 Å². The third-order valence-electron chi connectivity index (χ3n) is 2.36. The molecule has 0 fully saturated rings. The summed E-state index contributed by atoms with van der Waals surface area (Å²) in [5.74, 6) is -2.33. The van der Waals surface area contributed by atoms with E-state index in [1.165, 1.54) is 24.3 Å². The first-order chi connectivity index (χ1) is 8.88. The van der Waals surface area contributed by atoms with Crippen LogP contribution in [0.25, 0.3) is 0 Å². The standard InChI is InChI=1S/C12H10F2N2O2S.ClH/c13-11-6-5-10(7-12(11)14)19(17,18)16-9-3-1-8(15)2-4-9;/h1-7,16H,15H2;1H. The number of benzene rings is 2. The molecule has 8 heteroatoms. The highest BCUT2D eigenvalue weighted by atomic mass is 35.5. The molecular formula is C12H11ClF2N2O2S. The fraction of sp³-hybridized carbons (Fsp3) is 0. The second-order valence-corrected chi connectivity index (χ2v) is 5.49. The molecule has 0 saturated carbocycles. The van der Waals surface area contributed by atoms with E-state index in [-0.39, 0.29) is 23.0 Å². The van der Waals surface area contributed by atoms with Crippen LogP contribution in [-0.4, -0.2) is 8.42 Å². The maximum Gasteiger partial charge on any atom is 0.261 e. The van der Waals surface area contributed by atoms with Crippen molar-refractivity contribution in [2.45, 2.75) is 4.90 Å². The van der Waals surface area contributed by atoms with E-state index >= 15 is 0 Å². The summed E-state index contributed by atoms with van der Waals surface area (Å²) in [5.41, 5.74) is 6.23. The Balaban J connectivity index is 0.00000200. The van der Waals surface area contributed by atoms with Crippen LogP contribution in [0.4, 0.5) is 20.2 Å². The van der Waals surface area contributed by atoms with Gasteiger partial charge in [0.05, 0.1) is 4.90 Å². The highest BCUT2D eigenvalue weighted by molar-refractivity contribution is 7.92. The van der Waals surface area contributed by atoms with Gasteiger partial charge in [0.1, 0.15) is 0 Å². The summed E-state index contributed by atoms with van der Waals surface area (Å²) in [6.45, 7) is 0. The Morgan fingerprint density at radius 3 is 2.10 bits per heavy atom. The number of hydrogen-bond acceptors (Lipinski definition) is 3. The third-order valence-corrected chi connectivity index (χ3v) is 3.74. The van der Waals surface area contributed by atoms with E-state index in [1.807, 2.05) is 0 Å². The van der Waals surface area contributed by atoms with E-state index in [4.69, 9.17) is 5.73 Å². The van der Waals surface area contributed by atoms with Crippen molar-refractivity contribution >= 4 is 33.8 Å². The zero-order valence-electron chi connectivity index (χ0n) is 10.0. The number of sulfonamides is 1. The number of nitrogen functional groups attached to an aromatic ring is 1. The molecule has 4 nitrogen and oxygen atoms in total. The molecule has 0 radical (unpaired) electrons. The summed E-state index contributed by atoms with van der Waals surface area (Å²) >= 11 is 0. The van der Waals surface area contributed by atoms with Gasteiger partial charge in [0.2, 0.25) is 0 Å². The van der Waals surface area contributed by atoms with Gasteiger partial charge in [0.25, 0.3) is 10.0 Å². The molecule has 0 amide bonds. The van der Waals surface area contributed by atoms with Crippen molar-refractivity contribution < 1.29 is 17.2 Å². The maximum atomic E-state index is 13.0. The van der Waals surface area contributed by atoms with E-state index in [2.05, 4.69) is 4.72 Å². The predicted octanol–water partition coefficient (Wildman–Crippen LogP) is 2.77. The molecule has 20 heavy (non-hydrogen) atoms. The number of rotatable bonds is 3. The monoisotopic (exact) mass is 320 g/mol. The van der Waals surface area contributed by atoms with Gasteiger partial charge in [-0.15, -0.1) is 12.4 Å². The van der Waals surface area contributed by atoms with Crippen LogP contribution < -0.4 is 10.5 Å². The quantitative estimate of drug-likeness (QED) is 0.854. The Morgan fingerprint density at radius 2 is 1.55 bits per heavy atom. The van der Waals surface area contributed by atoms with Crippen LogP contribution in [0.1, 0.15) is 0 Å². The molecule has 0 saturated heterocycles. The Kier molecular flexibility index (Phi) is 4.91. The summed E-state index contributed by atoms with van der Waals surface area (Å²) in [7, 11) is -3.96. The molecule has 3 N–H and O–H groups in total. The number of nitrogens with two attached hydrogens (primary N) is 1. The molecule has 0 aliphatic carbocycles. The van der Waals surface area contributed by atoms with Crippen LogP contribution in [0, 0.1) is 11.6 Å². The highest BCUT2D eigenvalue weighted by Gasteiger charge is 2.16. The van der Waals surface area contributed by atoms with Gasteiger partial charge in [0, 0.05) is 11.4 Å². The summed E-state index contributed by atoms with van der Waals surface area (Å²) in [6.07, 6.45) is 0. The van der Waals surface area contributed by atoms with Crippen LogP contribution in [0.5, 0.6) is 0 Å². The first-order valence-corrected chi connectivity index (χ1v) is 6.70. The average Bonchev–Trinajstić information content (AvgIpc) is 2.35. The van der Waals surface area contributed by atoms with Crippen LogP contribution in [0.15, 0.2) is 47.4 Å². The minimum atomic E-state index is -3.96. The molecule has 0 aliphatic rings. The van der Waals surface area contributed by atoms with Gasteiger partial charge in [-0.05, 0) is 42.5 Å². The third kappa shape index (κ3) is 3.58. The number of hydrogen-bond donors (Lipinski definition) is 2. The highest BCUT2D eigenvalue weighted by Crippen LogP contribution is 2.18. The Labute approximate surface area is 121 Å². The van der Waals surface area contributed by atoms with Gasteiger partial charge < -0.3 is 5.73 Å². The molecule has 2 aromatic rings. The summed E-state index contributed by atoms with van der Waals surface area (Å²) < 4.78 is 51.8. The van der Waals surface area contributed by atoms with Crippen LogP contribution >= 0.6 is 12.4 Å². The van der Waals surface area contributed by atoms with Crippen molar-refractivity contribution in [1.29, 1.82) is 0 Å². The van der Waals surface area contributed by atoms with Crippen molar-refractivity contribution in [2.24, 2.45) is 0 Å². The summed E-state index contributed by atoms with van der Waals surface area (Å²) in [4.78, 5) is -0.358. The SMILES string of the molecule is Cl.Nc1ccc(NS(=O)(=O)c2ccc(F)c(F)c2)cc1. The van der Waals surface area contributed by atoms with Gasteiger partial charge in [-0.2, -0.15) is 0 Å². The van der Waals surface area contributed by atoms with Crippen LogP contribution in [-0.2, 0) is 10.0 Å². The molecule has 108 valence electrons. The average molecular weight is 321 g/mol.